The standard InChI is InChI=1S/C17H23N7/c1-3-4-6-17(2,10-14-20-8-9-21-14)24-15-12-5-7-19-11-13(12)22-16(18)23-15/h5,7-9,11H,3-4,6,10H2,1-2H3,(H,20,21)(H3,18,22,23,24)/t17-/m1/s1. The lowest BCUT2D eigenvalue weighted by Crippen LogP contribution is -2.38. The van der Waals surface area contributed by atoms with Crippen LogP contribution < -0.4 is 11.1 Å². The Morgan fingerprint density at radius 2 is 2.17 bits per heavy atom. The summed E-state index contributed by atoms with van der Waals surface area (Å²) in [5.41, 5.74) is 6.42. The molecule has 0 fully saturated rings. The fraction of sp³-hybridized carbons (Fsp3) is 0.412. The molecule has 0 spiro atoms. The van der Waals surface area contributed by atoms with Crippen LogP contribution in [0, 0.1) is 0 Å². The first kappa shape index (κ1) is 16.2. The molecule has 24 heavy (non-hydrogen) atoms. The van der Waals surface area contributed by atoms with Crippen LogP contribution in [0.3, 0.4) is 0 Å². The van der Waals surface area contributed by atoms with Crippen LogP contribution in [0.1, 0.15) is 38.9 Å². The Hall–Kier alpha value is -2.70. The number of imidazole rings is 1. The van der Waals surface area contributed by atoms with E-state index in [1.807, 2.05) is 12.3 Å². The van der Waals surface area contributed by atoms with Crippen LogP contribution >= 0.6 is 0 Å². The first-order chi connectivity index (χ1) is 11.6. The number of hydrogen-bond donors (Lipinski definition) is 3. The van der Waals surface area contributed by atoms with E-state index in [4.69, 9.17) is 5.73 Å². The second-order valence-electron chi connectivity index (χ2n) is 6.33. The third-order valence-corrected chi connectivity index (χ3v) is 4.13. The maximum Gasteiger partial charge on any atom is 0.222 e. The van der Waals surface area contributed by atoms with E-state index < -0.39 is 0 Å². The summed E-state index contributed by atoms with van der Waals surface area (Å²) in [6, 6.07) is 1.91. The van der Waals surface area contributed by atoms with Gasteiger partial charge in [-0.3, -0.25) is 4.98 Å². The third kappa shape index (κ3) is 3.61. The van der Waals surface area contributed by atoms with Gasteiger partial charge in [-0.25, -0.2) is 9.97 Å². The molecule has 7 nitrogen and oxygen atoms in total. The number of H-pyrrole nitrogens is 1. The molecule has 1 atom stereocenters. The molecule has 0 saturated carbocycles. The molecule has 0 aliphatic heterocycles. The number of nitrogen functional groups attached to an aromatic ring is 1. The average Bonchev–Trinajstić information content (AvgIpc) is 3.05. The van der Waals surface area contributed by atoms with Gasteiger partial charge in [0, 0.05) is 35.9 Å². The van der Waals surface area contributed by atoms with Crippen LogP contribution in [-0.4, -0.2) is 30.5 Å². The molecule has 0 bridgehead atoms. The largest absolute Gasteiger partial charge is 0.368 e. The van der Waals surface area contributed by atoms with Gasteiger partial charge in [-0.1, -0.05) is 19.8 Å². The fourth-order valence-electron chi connectivity index (χ4n) is 2.91. The zero-order chi connectivity index (χ0) is 17.0. The molecule has 3 aromatic heterocycles. The predicted molar refractivity (Wildman–Crippen MR) is 95.6 cm³/mol. The summed E-state index contributed by atoms with van der Waals surface area (Å²) in [6.45, 7) is 4.38. The van der Waals surface area contributed by atoms with Crippen molar-refractivity contribution in [2.24, 2.45) is 0 Å². The molecule has 3 rings (SSSR count). The van der Waals surface area contributed by atoms with Crippen LogP contribution in [0.2, 0.25) is 0 Å². The molecule has 0 amide bonds. The van der Waals surface area contributed by atoms with Crippen molar-refractivity contribution in [3.63, 3.8) is 0 Å². The van der Waals surface area contributed by atoms with Crippen molar-refractivity contribution in [2.75, 3.05) is 11.1 Å². The quantitative estimate of drug-likeness (QED) is 0.617. The number of aromatic nitrogens is 5. The lowest BCUT2D eigenvalue weighted by Gasteiger charge is -2.31. The van der Waals surface area contributed by atoms with Gasteiger partial charge >= 0.3 is 0 Å². The number of unbranched alkanes of at least 4 members (excludes halogenated alkanes) is 1. The lowest BCUT2D eigenvalue weighted by atomic mass is 9.90. The summed E-state index contributed by atoms with van der Waals surface area (Å²) in [7, 11) is 0. The summed E-state index contributed by atoms with van der Waals surface area (Å²) >= 11 is 0. The SMILES string of the molecule is CCCC[C@](C)(Cc1ncc[nH]1)Nc1nc(N)nc2cnccc12. The van der Waals surface area contributed by atoms with Gasteiger partial charge in [0.25, 0.3) is 0 Å². The van der Waals surface area contributed by atoms with E-state index in [1.165, 1.54) is 0 Å². The molecular formula is C17H23N7. The molecule has 0 saturated heterocycles. The van der Waals surface area contributed by atoms with Crippen LogP contribution in [0.5, 0.6) is 0 Å². The molecule has 7 heteroatoms. The Balaban J connectivity index is 1.95. The number of pyridine rings is 1. The topological polar surface area (TPSA) is 105 Å². The second-order valence-corrected chi connectivity index (χ2v) is 6.33. The first-order valence-corrected chi connectivity index (χ1v) is 8.23. The van der Waals surface area contributed by atoms with E-state index in [9.17, 15) is 0 Å². The van der Waals surface area contributed by atoms with Gasteiger partial charge in [0.15, 0.2) is 0 Å². The van der Waals surface area contributed by atoms with E-state index in [1.54, 1.807) is 18.6 Å². The fourth-order valence-corrected chi connectivity index (χ4v) is 2.91. The van der Waals surface area contributed by atoms with Crippen LogP contribution in [-0.2, 0) is 6.42 Å². The Bertz CT molecular complexity index is 800. The summed E-state index contributed by atoms with van der Waals surface area (Å²) in [4.78, 5) is 20.3. The van der Waals surface area contributed by atoms with E-state index in [0.29, 0.717) is 0 Å². The molecule has 126 valence electrons. The Kier molecular flexibility index (Phi) is 4.59. The van der Waals surface area contributed by atoms with Gasteiger partial charge in [0.05, 0.1) is 11.7 Å². The molecule has 0 aliphatic rings. The highest BCUT2D eigenvalue weighted by Crippen LogP contribution is 2.27. The van der Waals surface area contributed by atoms with Crippen LogP contribution in [0.25, 0.3) is 10.9 Å². The van der Waals surface area contributed by atoms with Gasteiger partial charge in [-0.05, 0) is 19.4 Å². The van der Waals surface area contributed by atoms with Crippen molar-refractivity contribution in [2.45, 2.75) is 45.1 Å². The monoisotopic (exact) mass is 325 g/mol. The number of nitrogens with zero attached hydrogens (tertiary/aromatic N) is 4. The van der Waals surface area contributed by atoms with Crippen molar-refractivity contribution in [3.05, 3.63) is 36.7 Å². The smallest absolute Gasteiger partial charge is 0.222 e. The minimum Gasteiger partial charge on any atom is -0.368 e. The molecule has 3 heterocycles. The van der Waals surface area contributed by atoms with Gasteiger partial charge in [-0.15, -0.1) is 0 Å². The number of nitrogens with two attached hydrogens (primary N) is 1. The van der Waals surface area contributed by atoms with Gasteiger partial charge < -0.3 is 16.0 Å². The lowest BCUT2D eigenvalue weighted by molar-refractivity contribution is 0.441. The third-order valence-electron chi connectivity index (χ3n) is 4.13. The van der Waals surface area contributed by atoms with E-state index in [2.05, 4.69) is 44.1 Å². The molecule has 4 N–H and O–H groups in total. The highest BCUT2D eigenvalue weighted by atomic mass is 15.1. The minimum absolute atomic E-state index is 0.190. The number of rotatable bonds is 7. The maximum absolute atomic E-state index is 5.87. The summed E-state index contributed by atoms with van der Waals surface area (Å²) < 4.78 is 0. The molecular weight excluding hydrogens is 302 g/mol. The van der Waals surface area contributed by atoms with Crippen LogP contribution in [0.15, 0.2) is 30.9 Å². The van der Waals surface area contributed by atoms with E-state index in [-0.39, 0.29) is 11.5 Å². The minimum atomic E-state index is -0.190. The van der Waals surface area contributed by atoms with Crippen molar-refractivity contribution in [3.8, 4) is 0 Å². The maximum atomic E-state index is 5.87. The van der Waals surface area contributed by atoms with Crippen molar-refractivity contribution in [1.29, 1.82) is 0 Å². The predicted octanol–water partition coefficient (Wildman–Crippen LogP) is 2.93. The number of fused-ring (bicyclic) bond motifs is 1. The summed E-state index contributed by atoms with van der Waals surface area (Å²) in [5.74, 6) is 1.94. The normalized spacial score (nSPS) is 13.8. The molecule has 0 unspecified atom stereocenters. The van der Waals surface area contributed by atoms with Crippen LogP contribution in [0.4, 0.5) is 11.8 Å². The molecule has 3 aromatic rings. The highest BCUT2D eigenvalue weighted by molar-refractivity contribution is 5.89. The number of anilines is 2. The number of aromatic amines is 1. The van der Waals surface area contributed by atoms with Crippen molar-refractivity contribution in [1.82, 2.24) is 24.9 Å². The van der Waals surface area contributed by atoms with Gasteiger partial charge in [0.1, 0.15) is 11.6 Å². The Labute approximate surface area is 141 Å². The molecule has 0 aromatic carbocycles. The average molecular weight is 325 g/mol. The molecule has 0 radical (unpaired) electrons. The Morgan fingerprint density at radius 1 is 1.29 bits per heavy atom. The zero-order valence-electron chi connectivity index (χ0n) is 14.1. The van der Waals surface area contributed by atoms with Gasteiger partial charge in [-0.2, -0.15) is 4.98 Å². The van der Waals surface area contributed by atoms with Crippen molar-refractivity contribution >= 4 is 22.7 Å². The van der Waals surface area contributed by atoms with Gasteiger partial charge in [0.2, 0.25) is 5.95 Å². The summed E-state index contributed by atoms with van der Waals surface area (Å²) in [5, 5.41) is 4.51. The first-order valence-electron chi connectivity index (χ1n) is 8.23. The Morgan fingerprint density at radius 3 is 2.92 bits per heavy atom. The summed E-state index contributed by atoms with van der Waals surface area (Å²) in [6.07, 6.45) is 11.1. The molecule has 0 aliphatic carbocycles. The van der Waals surface area contributed by atoms with E-state index >= 15 is 0 Å². The zero-order valence-corrected chi connectivity index (χ0v) is 14.1. The number of hydrogen-bond acceptors (Lipinski definition) is 6. The highest BCUT2D eigenvalue weighted by Gasteiger charge is 2.26. The van der Waals surface area contributed by atoms with Crippen molar-refractivity contribution < 1.29 is 0 Å². The number of nitrogens with one attached hydrogen (secondary N) is 2. The van der Waals surface area contributed by atoms with E-state index in [0.717, 1.165) is 48.2 Å². The second kappa shape index (κ2) is 6.82.